The van der Waals surface area contributed by atoms with Crippen LogP contribution in [0.2, 0.25) is 0 Å². The van der Waals surface area contributed by atoms with E-state index in [4.69, 9.17) is 5.73 Å². The third kappa shape index (κ3) is 3.68. The average molecular weight is 230 g/mol. The van der Waals surface area contributed by atoms with Crippen molar-refractivity contribution in [2.75, 3.05) is 12.8 Å². The van der Waals surface area contributed by atoms with E-state index in [-0.39, 0.29) is 22.6 Å². The molecular weight excluding hydrogens is 208 g/mol. The van der Waals surface area contributed by atoms with E-state index in [1.54, 1.807) is 11.8 Å². The molecule has 15 heavy (non-hydrogen) atoms. The quantitative estimate of drug-likeness (QED) is 0.767. The number of hydrogen-bond acceptors (Lipinski definition) is 3. The van der Waals surface area contributed by atoms with Crippen molar-refractivity contribution < 1.29 is 4.79 Å². The molecule has 1 rings (SSSR count). The number of amides is 1. The Kier molecular flexibility index (Phi) is 4.46. The maximum Gasteiger partial charge on any atom is 0.224 e. The Balaban J connectivity index is 2.36. The van der Waals surface area contributed by atoms with Crippen LogP contribution >= 0.6 is 11.8 Å². The van der Waals surface area contributed by atoms with Crippen LogP contribution in [0.4, 0.5) is 0 Å². The molecule has 0 aliphatic heterocycles. The molecule has 0 radical (unpaired) electrons. The number of carbonyl (C=O) groups excluding carboxylic acids is 1. The molecule has 4 heteroatoms. The van der Waals surface area contributed by atoms with Gasteiger partial charge in [-0.3, -0.25) is 4.79 Å². The smallest absolute Gasteiger partial charge is 0.224 e. The zero-order chi connectivity index (χ0) is 11.5. The molecule has 1 fully saturated rings. The van der Waals surface area contributed by atoms with Crippen LogP contribution in [-0.2, 0) is 4.79 Å². The summed E-state index contributed by atoms with van der Waals surface area (Å²) < 4.78 is 0.109. The third-order valence-electron chi connectivity index (χ3n) is 3.15. The molecule has 1 saturated carbocycles. The zero-order valence-electron chi connectivity index (χ0n) is 9.88. The third-order valence-corrected chi connectivity index (χ3v) is 4.40. The highest BCUT2D eigenvalue weighted by Gasteiger charge is 2.30. The van der Waals surface area contributed by atoms with E-state index < -0.39 is 0 Å². The van der Waals surface area contributed by atoms with E-state index in [9.17, 15) is 4.79 Å². The van der Waals surface area contributed by atoms with Gasteiger partial charge in [-0.05, 0) is 32.9 Å². The summed E-state index contributed by atoms with van der Waals surface area (Å²) in [7, 11) is 0. The molecule has 2 unspecified atom stereocenters. The van der Waals surface area contributed by atoms with Crippen molar-refractivity contribution in [3.63, 3.8) is 0 Å². The molecule has 1 aliphatic rings. The van der Waals surface area contributed by atoms with Crippen molar-refractivity contribution in [1.29, 1.82) is 0 Å². The maximum atomic E-state index is 11.8. The second-order valence-corrected chi connectivity index (χ2v) is 6.40. The monoisotopic (exact) mass is 230 g/mol. The molecule has 0 aromatic carbocycles. The van der Waals surface area contributed by atoms with Crippen LogP contribution in [0, 0.1) is 5.92 Å². The lowest BCUT2D eigenvalue weighted by atomic mass is 10.0. The molecule has 1 aliphatic carbocycles. The molecule has 0 aromatic rings. The lowest BCUT2D eigenvalue weighted by Gasteiger charge is -2.24. The molecular formula is C11H22N2OS. The molecule has 88 valence electrons. The Labute approximate surface area is 96.6 Å². The fourth-order valence-corrected chi connectivity index (χ4v) is 2.03. The van der Waals surface area contributed by atoms with Crippen molar-refractivity contribution >= 4 is 17.7 Å². The first-order valence-corrected chi connectivity index (χ1v) is 6.77. The second kappa shape index (κ2) is 5.21. The normalized spacial score (nSPS) is 26.7. The molecule has 3 N–H and O–H groups in total. The number of thioether (sulfide) groups is 1. The number of hydrogen-bond donors (Lipinski definition) is 2. The van der Waals surface area contributed by atoms with E-state index in [0.29, 0.717) is 0 Å². The predicted octanol–water partition coefficient (Wildman–Crippen LogP) is 1.37. The highest BCUT2D eigenvalue weighted by Crippen LogP contribution is 2.25. The molecule has 2 atom stereocenters. The van der Waals surface area contributed by atoms with Crippen molar-refractivity contribution in [3.8, 4) is 0 Å². The number of rotatable bonds is 4. The summed E-state index contributed by atoms with van der Waals surface area (Å²) in [5.74, 6) is 0.185. The van der Waals surface area contributed by atoms with E-state index in [1.807, 2.05) is 0 Å². The van der Waals surface area contributed by atoms with Crippen molar-refractivity contribution in [3.05, 3.63) is 0 Å². The van der Waals surface area contributed by atoms with Crippen molar-refractivity contribution in [2.45, 2.75) is 43.9 Å². The first kappa shape index (κ1) is 12.8. The molecule has 3 nitrogen and oxygen atoms in total. The maximum absolute atomic E-state index is 11.8. The van der Waals surface area contributed by atoms with Gasteiger partial charge in [0.2, 0.25) is 5.91 Å². The lowest BCUT2D eigenvalue weighted by Crippen LogP contribution is -2.43. The summed E-state index contributed by atoms with van der Waals surface area (Å²) >= 11 is 1.77. The minimum Gasteiger partial charge on any atom is -0.354 e. The summed E-state index contributed by atoms with van der Waals surface area (Å²) in [6.45, 7) is 4.98. The molecule has 0 aromatic heterocycles. The fourth-order valence-electron chi connectivity index (χ4n) is 1.82. The summed E-state index contributed by atoms with van der Waals surface area (Å²) in [4.78, 5) is 11.8. The van der Waals surface area contributed by atoms with E-state index in [0.717, 1.165) is 25.8 Å². The lowest BCUT2D eigenvalue weighted by molar-refractivity contribution is -0.125. The van der Waals surface area contributed by atoms with Gasteiger partial charge in [-0.1, -0.05) is 6.42 Å². The second-order valence-electron chi connectivity index (χ2n) is 4.88. The summed E-state index contributed by atoms with van der Waals surface area (Å²) in [5, 5.41) is 3.01. The fraction of sp³-hybridized carbons (Fsp3) is 0.909. The van der Waals surface area contributed by atoms with Gasteiger partial charge in [0.25, 0.3) is 0 Å². The van der Waals surface area contributed by atoms with Gasteiger partial charge >= 0.3 is 0 Å². The largest absolute Gasteiger partial charge is 0.354 e. The average Bonchev–Trinajstić information content (AvgIpc) is 2.61. The minimum absolute atomic E-state index is 0.0441. The van der Waals surface area contributed by atoms with E-state index in [2.05, 4.69) is 25.4 Å². The van der Waals surface area contributed by atoms with Crippen LogP contribution in [0.1, 0.15) is 33.1 Å². The number of carbonyl (C=O) groups is 1. The van der Waals surface area contributed by atoms with Crippen molar-refractivity contribution in [2.24, 2.45) is 11.7 Å². The molecule has 0 spiro atoms. The first-order valence-electron chi connectivity index (χ1n) is 5.55. The van der Waals surface area contributed by atoms with Gasteiger partial charge in [-0.2, -0.15) is 11.8 Å². The SMILES string of the molecule is CSC(C)(C)CNC(=O)C1CCCC1N. The van der Waals surface area contributed by atoms with Gasteiger partial charge in [0.1, 0.15) is 0 Å². The van der Waals surface area contributed by atoms with Gasteiger partial charge in [-0.25, -0.2) is 0 Å². The van der Waals surface area contributed by atoms with E-state index >= 15 is 0 Å². The Morgan fingerprint density at radius 3 is 2.67 bits per heavy atom. The standard InChI is InChI=1S/C11H22N2OS/c1-11(2,15-3)7-13-10(14)8-5-4-6-9(8)12/h8-9H,4-7,12H2,1-3H3,(H,13,14). The highest BCUT2D eigenvalue weighted by atomic mass is 32.2. The van der Waals surface area contributed by atoms with Crippen LogP contribution in [0.25, 0.3) is 0 Å². The zero-order valence-corrected chi connectivity index (χ0v) is 10.7. The van der Waals surface area contributed by atoms with Gasteiger partial charge in [-0.15, -0.1) is 0 Å². The van der Waals surface area contributed by atoms with Gasteiger partial charge in [0.05, 0.1) is 5.92 Å². The highest BCUT2D eigenvalue weighted by molar-refractivity contribution is 7.99. The Hall–Kier alpha value is -0.220. The summed E-state index contributed by atoms with van der Waals surface area (Å²) in [5.41, 5.74) is 5.89. The predicted molar refractivity (Wildman–Crippen MR) is 65.9 cm³/mol. The Morgan fingerprint density at radius 2 is 2.20 bits per heavy atom. The number of nitrogens with one attached hydrogen (secondary N) is 1. The van der Waals surface area contributed by atoms with Crippen LogP contribution in [0.3, 0.4) is 0 Å². The van der Waals surface area contributed by atoms with Crippen LogP contribution in [0.15, 0.2) is 0 Å². The summed E-state index contributed by atoms with van der Waals surface area (Å²) in [6, 6.07) is 0.0717. The van der Waals surface area contributed by atoms with Crippen molar-refractivity contribution in [1.82, 2.24) is 5.32 Å². The Bertz CT molecular complexity index is 231. The van der Waals surface area contributed by atoms with Crippen LogP contribution < -0.4 is 11.1 Å². The van der Waals surface area contributed by atoms with Gasteiger partial charge < -0.3 is 11.1 Å². The molecule has 1 amide bonds. The summed E-state index contributed by atoms with van der Waals surface area (Å²) in [6.07, 6.45) is 5.09. The minimum atomic E-state index is 0.0441. The first-order chi connectivity index (χ1) is 6.96. The topological polar surface area (TPSA) is 55.1 Å². The van der Waals surface area contributed by atoms with Gasteiger partial charge in [0, 0.05) is 17.3 Å². The molecule has 0 bridgehead atoms. The molecule has 0 saturated heterocycles. The number of nitrogens with two attached hydrogens (primary N) is 1. The molecule has 0 heterocycles. The van der Waals surface area contributed by atoms with Crippen LogP contribution in [0.5, 0.6) is 0 Å². The van der Waals surface area contributed by atoms with Gasteiger partial charge in [0.15, 0.2) is 0 Å². The van der Waals surface area contributed by atoms with E-state index in [1.165, 1.54) is 0 Å². The Morgan fingerprint density at radius 1 is 1.53 bits per heavy atom. The van der Waals surface area contributed by atoms with Crippen LogP contribution in [-0.4, -0.2) is 29.5 Å².